The maximum Gasteiger partial charge on any atom is 0.159 e. The molecule has 4 nitrogen and oxygen atoms in total. The third-order valence-electron chi connectivity index (χ3n) is 13.6. The molecule has 0 saturated heterocycles. The van der Waals surface area contributed by atoms with Crippen molar-refractivity contribution in [3.8, 4) is 39.1 Å². The van der Waals surface area contributed by atoms with Gasteiger partial charge in [-0.2, -0.15) is 0 Å². The van der Waals surface area contributed by atoms with Gasteiger partial charge in [-0.15, -0.1) is 0 Å². The molecule has 0 fully saturated rings. The van der Waals surface area contributed by atoms with Gasteiger partial charge in [0.1, 0.15) is 5.58 Å². The molecule has 11 aromatic carbocycles. The third-order valence-corrected chi connectivity index (χ3v) is 13.6. The van der Waals surface area contributed by atoms with Crippen molar-refractivity contribution >= 4 is 77.9 Å². The molecule has 70 heavy (non-hydrogen) atoms. The summed E-state index contributed by atoms with van der Waals surface area (Å²) in [5.74, 6) is 0. The van der Waals surface area contributed by atoms with Gasteiger partial charge < -0.3 is 18.8 Å². The second-order valence-corrected chi connectivity index (χ2v) is 17.7. The number of aromatic nitrogens is 1. The molecular weight excluding hydrogens is 851 g/mol. The van der Waals surface area contributed by atoms with E-state index in [1.165, 1.54) is 33.0 Å². The van der Waals surface area contributed by atoms with Crippen LogP contribution in [0.5, 0.6) is 0 Å². The first-order valence-corrected chi connectivity index (χ1v) is 23.8. The van der Waals surface area contributed by atoms with Crippen LogP contribution in [0, 0.1) is 0 Å². The zero-order valence-electron chi connectivity index (χ0n) is 38.2. The van der Waals surface area contributed by atoms with Gasteiger partial charge in [-0.25, -0.2) is 0 Å². The number of para-hydroxylation sites is 4. The van der Waals surface area contributed by atoms with Crippen LogP contribution >= 0.6 is 0 Å². The molecule has 0 atom stereocenters. The molecule has 0 saturated carbocycles. The molecule has 0 radical (unpaired) electrons. The van der Waals surface area contributed by atoms with Gasteiger partial charge in [-0.1, -0.05) is 176 Å². The minimum absolute atomic E-state index is 0.805. The largest absolute Gasteiger partial charge is 0.454 e. The molecule has 0 N–H and O–H groups in total. The molecule has 0 bridgehead atoms. The predicted octanol–water partition coefficient (Wildman–Crippen LogP) is 18.6. The van der Waals surface area contributed by atoms with E-state index in [0.717, 1.165) is 84.0 Å². The Morgan fingerprint density at radius 2 is 0.714 bits per heavy atom. The van der Waals surface area contributed by atoms with E-state index in [9.17, 15) is 0 Å². The minimum atomic E-state index is 0.805. The number of fused-ring (bicyclic) bond motifs is 6. The van der Waals surface area contributed by atoms with Crippen molar-refractivity contribution < 1.29 is 4.42 Å². The lowest BCUT2D eigenvalue weighted by molar-refractivity contribution is 0.669. The summed E-state index contributed by atoms with van der Waals surface area (Å²) in [7, 11) is 0. The van der Waals surface area contributed by atoms with E-state index in [4.69, 9.17) is 4.42 Å². The van der Waals surface area contributed by atoms with E-state index in [2.05, 4.69) is 287 Å². The summed E-state index contributed by atoms with van der Waals surface area (Å²) < 4.78 is 9.61. The fraction of sp³-hybridized carbons (Fsp3) is 0. The highest BCUT2D eigenvalue weighted by atomic mass is 16.3. The molecule has 0 aliphatic heterocycles. The molecule has 13 aromatic rings. The topological polar surface area (TPSA) is 24.6 Å². The smallest absolute Gasteiger partial charge is 0.159 e. The molecule has 2 aromatic heterocycles. The van der Waals surface area contributed by atoms with Gasteiger partial charge in [-0.3, -0.25) is 0 Å². The van der Waals surface area contributed by atoms with E-state index in [1.54, 1.807) is 0 Å². The number of rotatable bonds is 10. The van der Waals surface area contributed by atoms with E-state index in [-0.39, 0.29) is 0 Å². The van der Waals surface area contributed by atoms with Crippen molar-refractivity contribution in [3.05, 3.63) is 273 Å². The zero-order valence-corrected chi connectivity index (χ0v) is 38.2. The first kappa shape index (κ1) is 40.9. The molecule has 2 heterocycles. The number of benzene rings is 11. The summed E-state index contributed by atoms with van der Waals surface area (Å²) in [6.45, 7) is 0. The molecular formula is C66H45N3O. The van der Waals surface area contributed by atoms with Gasteiger partial charge in [0.2, 0.25) is 0 Å². The molecule has 0 amide bonds. The summed E-state index contributed by atoms with van der Waals surface area (Å²) >= 11 is 0. The molecule has 0 spiro atoms. The van der Waals surface area contributed by atoms with Crippen LogP contribution in [-0.2, 0) is 0 Å². The van der Waals surface area contributed by atoms with E-state index in [1.807, 2.05) is 0 Å². The van der Waals surface area contributed by atoms with Crippen molar-refractivity contribution in [2.75, 3.05) is 9.80 Å². The van der Waals surface area contributed by atoms with Crippen molar-refractivity contribution in [1.29, 1.82) is 0 Å². The molecule has 4 heteroatoms. The summed E-state index contributed by atoms with van der Waals surface area (Å²) in [5, 5.41) is 4.53. The Labute approximate surface area is 406 Å². The van der Waals surface area contributed by atoms with E-state index < -0.39 is 0 Å². The number of furan rings is 1. The first-order chi connectivity index (χ1) is 34.7. The van der Waals surface area contributed by atoms with Gasteiger partial charge in [0, 0.05) is 55.7 Å². The monoisotopic (exact) mass is 895 g/mol. The molecule has 330 valence electrons. The lowest BCUT2D eigenvalue weighted by Gasteiger charge is -2.29. The quantitative estimate of drug-likeness (QED) is 0.137. The van der Waals surface area contributed by atoms with Gasteiger partial charge >= 0.3 is 0 Å². The van der Waals surface area contributed by atoms with Crippen LogP contribution in [0.2, 0.25) is 0 Å². The predicted molar refractivity (Wildman–Crippen MR) is 294 cm³/mol. The molecule has 13 rings (SSSR count). The van der Waals surface area contributed by atoms with Gasteiger partial charge in [0.15, 0.2) is 5.58 Å². The number of nitrogens with zero attached hydrogens (tertiary/aromatic N) is 3. The normalized spacial score (nSPS) is 11.4. The Morgan fingerprint density at radius 3 is 1.33 bits per heavy atom. The average Bonchev–Trinajstić information content (AvgIpc) is 3.98. The standard InChI is InChI=1S/C66H45N3O/c1-6-18-46(19-7-1)48-30-36-55(37-31-48)67(52-22-10-3-11-23-52)57-44-61-60-41-35-51(50-34-40-59-58-28-16-17-29-62(58)69(63(59)42-50)54-26-14-5-15-27-54)43-65(60)70-66(61)64(45-57)68(53-24-12-4-13-25-53)56-38-32-49(33-39-56)47-20-8-2-9-21-47/h1-45H. The highest BCUT2D eigenvalue weighted by Crippen LogP contribution is 2.48. The zero-order chi connectivity index (χ0) is 46.4. The van der Waals surface area contributed by atoms with Crippen LogP contribution in [0.15, 0.2) is 277 Å². The molecule has 0 aliphatic carbocycles. The number of anilines is 6. The second-order valence-electron chi connectivity index (χ2n) is 17.7. The van der Waals surface area contributed by atoms with Crippen LogP contribution in [-0.4, -0.2) is 4.57 Å². The molecule has 0 unspecified atom stereocenters. The summed E-state index contributed by atoms with van der Waals surface area (Å²) in [5.41, 5.74) is 18.1. The number of hydrogen-bond donors (Lipinski definition) is 0. The average molecular weight is 896 g/mol. The second kappa shape index (κ2) is 17.4. The first-order valence-electron chi connectivity index (χ1n) is 23.8. The maximum atomic E-state index is 7.24. The molecule has 0 aliphatic rings. The summed E-state index contributed by atoms with van der Waals surface area (Å²) in [6.07, 6.45) is 0. The lowest BCUT2D eigenvalue weighted by atomic mass is 10.0. The third kappa shape index (κ3) is 7.27. The van der Waals surface area contributed by atoms with Gasteiger partial charge in [-0.05, 0) is 130 Å². The van der Waals surface area contributed by atoms with Crippen LogP contribution in [0.4, 0.5) is 34.1 Å². The Morgan fingerprint density at radius 1 is 0.271 bits per heavy atom. The Balaban J connectivity index is 1.02. The summed E-state index contributed by atoms with van der Waals surface area (Å²) in [4.78, 5) is 4.69. The highest BCUT2D eigenvalue weighted by molar-refractivity contribution is 6.14. The Hall–Kier alpha value is -9.38. The Bertz CT molecular complexity index is 3960. The van der Waals surface area contributed by atoms with E-state index >= 15 is 0 Å². The fourth-order valence-electron chi connectivity index (χ4n) is 10.2. The summed E-state index contributed by atoms with van der Waals surface area (Å²) in [6, 6.07) is 97.6. The number of hydrogen-bond acceptors (Lipinski definition) is 3. The van der Waals surface area contributed by atoms with Crippen molar-refractivity contribution in [3.63, 3.8) is 0 Å². The van der Waals surface area contributed by atoms with Crippen molar-refractivity contribution in [1.82, 2.24) is 4.57 Å². The maximum absolute atomic E-state index is 7.24. The van der Waals surface area contributed by atoms with Crippen LogP contribution < -0.4 is 9.80 Å². The van der Waals surface area contributed by atoms with Crippen molar-refractivity contribution in [2.24, 2.45) is 0 Å². The van der Waals surface area contributed by atoms with Crippen LogP contribution in [0.3, 0.4) is 0 Å². The SMILES string of the molecule is c1ccc(-c2ccc(N(c3ccccc3)c3cc(N(c4ccccc4)c4ccc(-c5ccccc5)cc4)c4oc5cc(-c6ccc7c8ccccc8n(-c8ccccc8)c7c6)ccc5c4c3)cc2)cc1. The van der Waals surface area contributed by atoms with Gasteiger partial charge in [0.25, 0.3) is 0 Å². The minimum Gasteiger partial charge on any atom is -0.454 e. The highest BCUT2D eigenvalue weighted by Gasteiger charge is 2.24. The Kier molecular flexibility index (Phi) is 10.1. The fourth-order valence-corrected chi connectivity index (χ4v) is 10.2. The van der Waals surface area contributed by atoms with Crippen molar-refractivity contribution in [2.45, 2.75) is 0 Å². The van der Waals surface area contributed by atoms with Crippen LogP contribution in [0.25, 0.3) is 82.8 Å². The van der Waals surface area contributed by atoms with E-state index in [0.29, 0.717) is 0 Å². The van der Waals surface area contributed by atoms with Crippen LogP contribution in [0.1, 0.15) is 0 Å². The lowest BCUT2D eigenvalue weighted by Crippen LogP contribution is -2.13. The van der Waals surface area contributed by atoms with Gasteiger partial charge in [0.05, 0.1) is 16.7 Å².